The largest absolute Gasteiger partial charge is 0.465 e. The summed E-state index contributed by atoms with van der Waals surface area (Å²) in [6.45, 7) is 4.75. The van der Waals surface area contributed by atoms with Crippen LogP contribution in [0.15, 0.2) is 55.0 Å². The van der Waals surface area contributed by atoms with E-state index in [-0.39, 0.29) is 12.0 Å². The number of carbonyl (C=O) groups is 1. The highest BCUT2D eigenvalue weighted by molar-refractivity contribution is 5.89. The Morgan fingerprint density at radius 3 is 2.48 bits per heavy atom. The first-order chi connectivity index (χ1) is 13.1. The molecule has 1 aromatic carbocycles. The summed E-state index contributed by atoms with van der Waals surface area (Å²) in [4.78, 5) is 24.6. The minimum atomic E-state index is -0.329. The molecule has 0 saturated carbocycles. The number of pyridine rings is 1. The fourth-order valence-corrected chi connectivity index (χ4v) is 2.80. The molecule has 0 aliphatic carbocycles. The lowest BCUT2D eigenvalue weighted by atomic mass is 10.1. The summed E-state index contributed by atoms with van der Waals surface area (Å²) in [6.07, 6.45) is 5.34. The number of carbonyl (C=O) groups excluding carboxylic acids is 1. The van der Waals surface area contributed by atoms with Gasteiger partial charge >= 0.3 is 5.97 Å². The van der Waals surface area contributed by atoms with Crippen LogP contribution in [0.2, 0.25) is 0 Å². The zero-order chi connectivity index (χ0) is 19.2. The molecular weight excluding hydrogens is 340 g/mol. The highest BCUT2D eigenvalue weighted by Crippen LogP contribution is 2.20. The number of hydrogen-bond donors (Lipinski definition) is 1. The Morgan fingerprint density at radius 1 is 1.15 bits per heavy atom. The Balaban J connectivity index is 1.66. The molecule has 27 heavy (non-hydrogen) atoms. The molecule has 0 aliphatic heterocycles. The third-order valence-electron chi connectivity index (χ3n) is 4.41. The summed E-state index contributed by atoms with van der Waals surface area (Å²) < 4.78 is 4.71. The third-order valence-corrected chi connectivity index (χ3v) is 4.41. The van der Waals surface area contributed by atoms with E-state index in [0.29, 0.717) is 17.9 Å². The molecule has 0 spiro atoms. The van der Waals surface area contributed by atoms with Gasteiger partial charge in [-0.3, -0.25) is 4.98 Å². The number of benzene rings is 1. The fraction of sp³-hybridized carbons (Fsp3) is 0.238. The van der Waals surface area contributed by atoms with Crippen molar-refractivity contribution < 1.29 is 9.53 Å². The first kappa shape index (κ1) is 18.7. The van der Waals surface area contributed by atoms with Crippen molar-refractivity contribution in [2.45, 2.75) is 26.4 Å². The van der Waals surface area contributed by atoms with Crippen molar-refractivity contribution in [2.75, 3.05) is 7.11 Å². The van der Waals surface area contributed by atoms with Gasteiger partial charge in [0.15, 0.2) is 5.82 Å². The lowest BCUT2D eigenvalue weighted by Gasteiger charge is -2.16. The van der Waals surface area contributed by atoms with Crippen molar-refractivity contribution in [1.29, 1.82) is 0 Å². The van der Waals surface area contributed by atoms with Crippen LogP contribution in [0.3, 0.4) is 0 Å². The second kappa shape index (κ2) is 8.51. The SMILES string of the molecule is COC(=O)c1ccc(CN[C@H](C)c2cnc(-c3ccncc3)nc2C)cc1. The quantitative estimate of drug-likeness (QED) is 0.677. The Labute approximate surface area is 158 Å². The van der Waals surface area contributed by atoms with Crippen LogP contribution in [0.5, 0.6) is 0 Å². The minimum Gasteiger partial charge on any atom is -0.465 e. The number of methoxy groups -OCH3 is 1. The molecule has 0 unspecified atom stereocenters. The van der Waals surface area contributed by atoms with E-state index in [0.717, 1.165) is 22.4 Å². The molecule has 2 aromatic heterocycles. The monoisotopic (exact) mass is 362 g/mol. The summed E-state index contributed by atoms with van der Waals surface area (Å²) in [7, 11) is 1.38. The van der Waals surface area contributed by atoms with E-state index in [4.69, 9.17) is 4.74 Å². The number of aryl methyl sites for hydroxylation is 1. The fourth-order valence-electron chi connectivity index (χ4n) is 2.80. The third kappa shape index (κ3) is 4.54. The Kier molecular flexibility index (Phi) is 5.88. The van der Waals surface area contributed by atoms with Crippen LogP contribution in [0.1, 0.15) is 40.1 Å². The molecule has 0 saturated heterocycles. The van der Waals surface area contributed by atoms with Crippen LogP contribution in [-0.4, -0.2) is 28.0 Å². The highest BCUT2D eigenvalue weighted by atomic mass is 16.5. The van der Waals surface area contributed by atoms with Crippen LogP contribution in [0.25, 0.3) is 11.4 Å². The molecule has 3 aromatic rings. The average molecular weight is 362 g/mol. The van der Waals surface area contributed by atoms with Crippen molar-refractivity contribution in [1.82, 2.24) is 20.3 Å². The van der Waals surface area contributed by atoms with Gasteiger partial charge in [-0.05, 0) is 43.7 Å². The van der Waals surface area contributed by atoms with Gasteiger partial charge in [0.05, 0.1) is 12.7 Å². The van der Waals surface area contributed by atoms with Gasteiger partial charge < -0.3 is 10.1 Å². The van der Waals surface area contributed by atoms with Gasteiger partial charge in [0.25, 0.3) is 0 Å². The summed E-state index contributed by atoms with van der Waals surface area (Å²) in [5.41, 5.74) is 4.58. The summed E-state index contributed by atoms with van der Waals surface area (Å²) in [5, 5.41) is 3.47. The molecule has 138 valence electrons. The van der Waals surface area contributed by atoms with Gasteiger partial charge in [-0.1, -0.05) is 12.1 Å². The molecule has 0 fully saturated rings. The van der Waals surface area contributed by atoms with Gasteiger partial charge in [0.1, 0.15) is 0 Å². The molecule has 3 rings (SSSR count). The topological polar surface area (TPSA) is 77.0 Å². The predicted molar refractivity (Wildman–Crippen MR) is 103 cm³/mol. The summed E-state index contributed by atoms with van der Waals surface area (Å²) >= 11 is 0. The van der Waals surface area contributed by atoms with Crippen molar-refractivity contribution in [3.8, 4) is 11.4 Å². The molecule has 6 heteroatoms. The second-order valence-corrected chi connectivity index (χ2v) is 6.26. The van der Waals surface area contributed by atoms with E-state index < -0.39 is 0 Å². The number of ether oxygens (including phenoxy) is 1. The Hall–Kier alpha value is -3.12. The first-order valence-electron chi connectivity index (χ1n) is 8.73. The summed E-state index contributed by atoms with van der Waals surface area (Å²) in [5.74, 6) is 0.370. The lowest BCUT2D eigenvalue weighted by Crippen LogP contribution is -2.19. The number of aromatic nitrogens is 3. The van der Waals surface area contributed by atoms with E-state index in [2.05, 4.69) is 27.2 Å². The van der Waals surface area contributed by atoms with E-state index in [1.54, 1.807) is 24.5 Å². The van der Waals surface area contributed by atoms with Gasteiger partial charge in [-0.15, -0.1) is 0 Å². The van der Waals surface area contributed by atoms with Gasteiger partial charge in [0.2, 0.25) is 0 Å². The molecule has 6 nitrogen and oxygen atoms in total. The van der Waals surface area contributed by atoms with Crippen molar-refractivity contribution in [3.05, 3.63) is 77.4 Å². The zero-order valence-electron chi connectivity index (χ0n) is 15.6. The molecular formula is C21H22N4O2. The van der Waals surface area contributed by atoms with Crippen molar-refractivity contribution >= 4 is 5.97 Å². The highest BCUT2D eigenvalue weighted by Gasteiger charge is 2.12. The van der Waals surface area contributed by atoms with Crippen molar-refractivity contribution in [2.24, 2.45) is 0 Å². The van der Waals surface area contributed by atoms with Crippen LogP contribution < -0.4 is 5.32 Å². The predicted octanol–water partition coefficient (Wildman–Crippen LogP) is 3.48. The molecule has 1 atom stereocenters. The van der Waals surface area contributed by atoms with Gasteiger partial charge in [0, 0.05) is 48.0 Å². The number of nitrogens with zero attached hydrogens (tertiary/aromatic N) is 3. The molecule has 2 heterocycles. The van der Waals surface area contributed by atoms with Crippen molar-refractivity contribution in [3.63, 3.8) is 0 Å². The number of esters is 1. The van der Waals surface area contributed by atoms with Crippen LogP contribution in [0, 0.1) is 6.92 Å². The summed E-state index contributed by atoms with van der Waals surface area (Å²) in [6, 6.07) is 11.3. The normalized spacial score (nSPS) is 11.8. The van der Waals surface area contributed by atoms with Gasteiger partial charge in [-0.25, -0.2) is 14.8 Å². The standard InChI is InChI=1S/C21H22N4O2/c1-14(23-12-16-4-6-18(7-5-16)21(26)27-3)19-13-24-20(25-15(19)2)17-8-10-22-11-9-17/h4-11,13-14,23H,12H2,1-3H3/t14-/m1/s1. The van der Waals surface area contributed by atoms with Crippen LogP contribution in [-0.2, 0) is 11.3 Å². The molecule has 0 aliphatic rings. The maximum absolute atomic E-state index is 11.5. The molecule has 0 bridgehead atoms. The minimum absolute atomic E-state index is 0.0942. The lowest BCUT2D eigenvalue weighted by molar-refractivity contribution is 0.0600. The smallest absolute Gasteiger partial charge is 0.337 e. The maximum atomic E-state index is 11.5. The molecule has 1 N–H and O–H groups in total. The number of hydrogen-bond acceptors (Lipinski definition) is 6. The van der Waals surface area contributed by atoms with Gasteiger partial charge in [-0.2, -0.15) is 0 Å². The number of rotatable bonds is 6. The molecule has 0 radical (unpaired) electrons. The molecule has 0 amide bonds. The first-order valence-corrected chi connectivity index (χ1v) is 8.73. The van der Waals surface area contributed by atoms with E-state index >= 15 is 0 Å². The number of nitrogens with one attached hydrogen (secondary N) is 1. The van der Waals surface area contributed by atoms with E-state index in [1.807, 2.05) is 37.4 Å². The van der Waals surface area contributed by atoms with E-state index in [9.17, 15) is 4.79 Å². The zero-order valence-corrected chi connectivity index (χ0v) is 15.6. The average Bonchev–Trinajstić information content (AvgIpc) is 2.72. The second-order valence-electron chi connectivity index (χ2n) is 6.26. The van der Waals surface area contributed by atoms with Crippen LogP contribution >= 0.6 is 0 Å². The maximum Gasteiger partial charge on any atom is 0.337 e. The Bertz CT molecular complexity index is 911. The van der Waals surface area contributed by atoms with E-state index in [1.165, 1.54) is 7.11 Å². The Morgan fingerprint density at radius 2 is 1.85 bits per heavy atom. The van der Waals surface area contributed by atoms with Crippen LogP contribution in [0.4, 0.5) is 0 Å².